The molecule has 10 heteroatoms. The number of fused-ring (bicyclic) bond motifs is 1. The number of benzene rings is 2. The van der Waals surface area contributed by atoms with Crippen LogP contribution >= 0.6 is 0 Å². The number of methoxy groups -OCH3 is 1. The number of carbonyl (C=O) groups is 2. The van der Waals surface area contributed by atoms with Crippen LogP contribution in [0.15, 0.2) is 47.5 Å². The third-order valence-corrected chi connectivity index (χ3v) is 6.61. The van der Waals surface area contributed by atoms with Crippen molar-refractivity contribution in [1.29, 1.82) is 0 Å². The highest BCUT2D eigenvalue weighted by Crippen LogP contribution is 2.34. The van der Waals surface area contributed by atoms with Crippen LogP contribution in [0.4, 0.5) is 0 Å². The zero-order valence-electron chi connectivity index (χ0n) is 20.4. The lowest BCUT2D eigenvalue weighted by Crippen LogP contribution is -2.57. The smallest absolute Gasteiger partial charge is 0.321 e. The van der Waals surface area contributed by atoms with Gasteiger partial charge in [-0.15, -0.1) is 0 Å². The standard InChI is InChI=1S/C26H30N4O6/c1-3-34-25(32)22-23(18-5-7-19(33-2)8-6-18)27-26(28-24(22)31)30-12-10-29(11-13-30)15-17-4-9-20-21(14-17)36-16-35-20/h4-9,14,22-23H,3,10-13,15-16H2,1-2H3,(H,27,28,31)/t22-,23+/m1/s1. The minimum Gasteiger partial charge on any atom is -0.497 e. The maximum atomic E-state index is 13.1. The van der Waals surface area contributed by atoms with Gasteiger partial charge in [0.05, 0.1) is 13.7 Å². The topological polar surface area (TPSA) is 102 Å². The first-order valence-electron chi connectivity index (χ1n) is 12.1. The number of aliphatic imine (C=N–C) groups is 1. The van der Waals surface area contributed by atoms with E-state index in [9.17, 15) is 9.59 Å². The highest BCUT2D eigenvalue weighted by Gasteiger charge is 2.42. The third-order valence-electron chi connectivity index (χ3n) is 6.61. The van der Waals surface area contributed by atoms with E-state index in [0.29, 0.717) is 24.8 Å². The van der Waals surface area contributed by atoms with Gasteiger partial charge in [0.2, 0.25) is 18.7 Å². The van der Waals surface area contributed by atoms with E-state index >= 15 is 0 Å². The lowest BCUT2D eigenvalue weighted by Gasteiger charge is -2.39. The van der Waals surface area contributed by atoms with Crippen LogP contribution in [0, 0.1) is 5.92 Å². The number of amides is 1. The van der Waals surface area contributed by atoms with Crippen molar-refractivity contribution in [3.05, 3.63) is 53.6 Å². The molecule has 3 aliphatic rings. The average Bonchev–Trinajstić information content (AvgIpc) is 3.37. The molecule has 1 saturated heterocycles. The van der Waals surface area contributed by atoms with E-state index in [1.165, 1.54) is 0 Å². The second kappa shape index (κ2) is 10.4. The molecular formula is C26H30N4O6. The molecule has 0 aromatic heterocycles. The van der Waals surface area contributed by atoms with E-state index in [4.69, 9.17) is 23.9 Å². The highest BCUT2D eigenvalue weighted by molar-refractivity contribution is 6.08. The van der Waals surface area contributed by atoms with Gasteiger partial charge in [-0.2, -0.15) is 0 Å². The molecule has 0 spiro atoms. The Labute approximate surface area is 209 Å². The Morgan fingerprint density at radius 3 is 2.56 bits per heavy atom. The van der Waals surface area contributed by atoms with Crippen LogP contribution < -0.4 is 19.5 Å². The van der Waals surface area contributed by atoms with Gasteiger partial charge >= 0.3 is 5.97 Å². The molecule has 1 fully saturated rings. The fraction of sp³-hybridized carbons (Fsp3) is 0.423. The molecule has 3 heterocycles. The molecule has 1 N–H and O–H groups in total. The Bertz CT molecular complexity index is 1140. The number of nitrogens with one attached hydrogen (secondary N) is 1. The SMILES string of the molecule is CCOC(=O)[C@H]1C(=O)NC(N2CCN(Cc3ccc4c(c3)OCO4)CC2)=N[C@H]1c1ccc(OC)cc1. The number of nitrogens with zero attached hydrogens (tertiary/aromatic N) is 3. The molecule has 3 aliphatic heterocycles. The lowest BCUT2D eigenvalue weighted by atomic mass is 9.91. The number of ether oxygens (including phenoxy) is 4. The Morgan fingerprint density at radius 2 is 1.83 bits per heavy atom. The van der Waals surface area contributed by atoms with Gasteiger partial charge in [-0.25, -0.2) is 4.99 Å². The molecule has 2 aromatic rings. The summed E-state index contributed by atoms with van der Waals surface area (Å²) in [4.78, 5) is 35.0. The fourth-order valence-electron chi connectivity index (χ4n) is 4.68. The number of rotatable bonds is 6. The van der Waals surface area contributed by atoms with Gasteiger partial charge in [-0.05, 0) is 42.3 Å². The summed E-state index contributed by atoms with van der Waals surface area (Å²) >= 11 is 0. The van der Waals surface area contributed by atoms with Gasteiger partial charge in [0.15, 0.2) is 17.4 Å². The normalized spacial score (nSPS) is 21.6. The zero-order valence-corrected chi connectivity index (χ0v) is 20.4. The van der Waals surface area contributed by atoms with Crippen molar-refractivity contribution in [2.75, 3.05) is 46.7 Å². The van der Waals surface area contributed by atoms with Crippen LogP contribution in [0.5, 0.6) is 17.2 Å². The van der Waals surface area contributed by atoms with Crippen molar-refractivity contribution in [1.82, 2.24) is 15.1 Å². The molecule has 0 saturated carbocycles. The van der Waals surface area contributed by atoms with E-state index in [-0.39, 0.29) is 13.4 Å². The second-order valence-electron chi connectivity index (χ2n) is 8.84. The van der Waals surface area contributed by atoms with Gasteiger partial charge in [0.25, 0.3) is 0 Å². The zero-order chi connectivity index (χ0) is 25.1. The Kier molecular flexibility index (Phi) is 6.95. The molecule has 2 atom stereocenters. The summed E-state index contributed by atoms with van der Waals surface area (Å²) in [6.45, 7) is 5.98. The minimum atomic E-state index is -1.05. The molecule has 2 aromatic carbocycles. The molecule has 36 heavy (non-hydrogen) atoms. The summed E-state index contributed by atoms with van der Waals surface area (Å²) < 4.78 is 21.3. The summed E-state index contributed by atoms with van der Waals surface area (Å²) in [5.74, 6) is 0.718. The van der Waals surface area contributed by atoms with E-state index in [1.807, 2.05) is 24.3 Å². The van der Waals surface area contributed by atoms with E-state index in [1.54, 1.807) is 26.2 Å². The van der Waals surface area contributed by atoms with Crippen LogP contribution in [0.2, 0.25) is 0 Å². The van der Waals surface area contributed by atoms with E-state index < -0.39 is 23.8 Å². The Hall–Kier alpha value is -3.79. The summed E-state index contributed by atoms with van der Waals surface area (Å²) in [6.07, 6.45) is 0. The number of guanidine groups is 1. The van der Waals surface area contributed by atoms with Crippen molar-refractivity contribution >= 4 is 17.8 Å². The molecule has 190 valence electrons. The second-order valence-corrected chi connectivity index (χ2v) is 8.84. The summed E-state index contributed by atoms with van der Waals surface area (Å²) in [6, 6.07) is 12.6. The molecule has 0 radical (unpaired) electrons. The number of carbonyl (C=O) groups excluding carboxylic acids is 2. The summed E-state index contributed by atoms with van der Waals surface area (Å²) in [5, 5.41) is 2.85. The van der Waals surface area contributed by atoms with E-state index in [0.717, 1.165) is 42.3 Å². The number of piperazine rings is 1. The van der Waals surface area contributed by atoms with Gasteiger partial charge < -0.3 is 23.8 Å². The number of hydrogen-bond acceptors (Lipinski definition) is 9. The van der Waals surface area contributed by atoms with Gasteiger partial charge in [0, 0.05) is 32.7 Å². The molecule has 0 unspecified atom stereocenters. The first-order chi connectivity index (χ1) is 17.6. The van der Waals surface area contributed by atoms with Gasteiger partial charge in [0.1, 0.15) is 11.8 Å². The highest BCUT2D eigenvalue weighted by atomic mass is 16.7. The molecule has 0 bridgehead atoms. The first-order valence-corrected chi connectivity index (χ1v) is 12.1. The predicted molar refractivity (Wildman–Crippen MR) is 131 cm³/mol. The van der Waals surface area contributed by atoms with E-state index in [2.05, 4.69) is 21.2 Å². The number of esters is 1. The van der Waals surface area contributed by atoms with Crippen molar-refractivity contribution in [3.8, 4) is 17.2 Å². The molecule has 10 nitrogen and oxygen atoms in total. The monoisotopic (exact) mass is 494 g/mol. The van der Waals surface area contributed by atoms with Crippen molar-refractivity contribution in [3.63, 3.8) is 0 Å². The molecule has 1 amide bonds. The minimum absolute atomic E-state index is 0.194. The van der Waals surface area contributed by atoms with Crippen LogP contribution in [0.25, 0.3) is 0 Å². The Morgan fingerprint density at radius 1 is 1.08 bits per heavy atom. The first kappa shape index (κ1) is 23.9. The largest absolute Gasteiger partial charge is 0.497 e. The van der Waals surface area contributed by atoms with Crippen LogP contribution in [-0.4, -0.2) is 74.3 Å². The maximum absolute atomic E-state index is 13.1. The molecule has 5 rings (SSSR count). The Balaban J connectivity index is 1.29. The lowest BCUT2D eigenvalue weighted by molar-refractivity contribution is -0.153. The summed E-state index contributed by atoms with van der Waals surface area (Å²) in [5.41, 5.74) is 1.91. The number of hydrogen-bond donors (Lipinski definition) is 1. The molecule has 0 aliphatic carbocycles. The van der Waals surface area contributed by atoms with Crippen LogP contribution in [0.3, 0.4) is 0 Å². The summed E-state index contributed by atoms with van der Waals surface area (Å²) in [7, 11) is 1.59. The maximum Gasteiger partial charge on any atom is 0.321 e. The van der Waals surface area contributed by atoms with Crippen LogP contribution in [-0.2, 0) is 20.9 Å². The predicted octanol–water partition coefficient (Wildman–Crippen LogP) is 1.95. The molecular weight excluding hydrogens is 464 g/mol. The van der Waals surface area contributed by atoms with Crippen molar-refractivity contribution in [2.45, 2.75) is 19.5 Å². The third kappa shape index (κ3) is 4.94. The van der Waals surface area contributed by atoms with Crippen molar-refractivity contribution in [2.24, 2.45) is 10.9 Å². The quantitative estimate of drug-likeness (QED) is 0.480. The van der Waals surface area contributed by atoms with Gasteiger partial charge in [-0.1, -0.05) is 18.2 Å². The van der Waals surface area contributed by atoms with Gasteiger partial charge in [-0.3, -0.25) is 19.8 Å². The average molecular weight is 495 g/mol. The van der Waals surface area contributed by atoms with Crippen LogP contribution in [0.1, 0.15) is 24.1 Å². The fourth-order valence-corrected chi connectivity index (χ4v) is 4.68. The van der Waals surface area contributed by atoms with Crippen molar-refractivity contribution < 1.29 is 28.5 Å².